The number of sulfonamides is 2. The fraction of sp³-hybridized carbons (Fsp3) is 0.529. The van der Waals surface area contributed by atoms with Crippen LogP contribution < -0.4 is 9.94 Å². The number of fused-ring (bicyclic) bond motifs is 1. The lowest BCUT2D eigenvalue weighted by molar-refractivity contribution is -0.121. The fourth-order valence-corrected chi connectivity index (χ4v) is 6.22. The van der Waals surface area contributed by atoms with E-state index in [0.29, 0.717) is 54.2 Å². The Morgan fingerprint density at radius 2 is 2.07 bits per heavy atom. The molecule has 2 aromatic rings. The molecule has 30 heavy (non-hydrogen) atoms. The zero-order chi connectivity index (χ0) is 22.1. The zero-order valence-corrected chi connectivity index (χ0v) is 19.1. The zero-order valence-electron chi connectivity index (χ0n) is 16.6. The van der Waals surface area contributed by atoms with Crippen molar-refractivity contribution in [2.45, 2.75) is 37.2 Å². The van der Waals surface area contributed by atoms with Gasteiger partial charge in [-0.2, -0.15) is 9.30 Å². The first-order chi connectivity index (χ1) is 14.0. The molecular formula is C17H24N4O6S3. The van der Waals surface area contributed by atoms with E-state index >= 15 is 0 Å². The van der Waals surface area contributed by atoms with Gasteiger partial charge in [0.25, 0.3) is 5.91 Å². The summed E-state index contributed by atoms with van der Waals surface area (Å²) in [6.45, 7) is 3.45. The summed E-state index contributed by atoms with van der Waals surface area (Å²) in [4.78, 5) is 17.4. The van der Waals surface area contributed by atoms with Gasteiger partial charge in [-0.3, -0.25) is 4.79 Å². The number of thiazole rings is 1. The fourth-order valence-electron chi connectivity index (χ4n) is 3.38. The van der Waals surface area contributed by atoms with E-state index in [4.69, 9.17) is 9.88 Å². The maximum Gasteiger partial charge on any atom is 0.266 e. The number of rotatable bonds is 7. The quantitative estimate of drug-likeness (QED) is 0.568. The van der Waals surface area contributed by atoms with Gasteiger partial charge >= 0.3 is 0 Å². The van der Waals surface area contributed by atoms with E-state index < -0.39 is 32.0 Å². The molecule has 2 heterocycles. The number of primary sulfonamides is 1. The average molecular weight is 477 g/mol. The Kier molecular flexibility index (Phi) is 6.79. The van der Waals surface area contributed by atoms with Crippen molar-refractivity contribution in [2.24, 2.45) is 10.1 Å². The summed E-state index contributed by atoms with van der Waals surface area (Å²) in [7, 11) is -7.39. The third kappa shape index (κ3) is 4.98. The van der Waals surface area contributed by atoms with Gasteiger partial charge in [0.05, 0.1) is 28.0 Å². The van der Waals surface area contributed by atoms with Gasteiger partial charge in [0.15, 0.2) is 4.80 Å². The van der Waals surface area contributed by atoms with Crippen LogP contribution in [0.2, 0.25) is 0 Å². The molecule has 2 N–H and O–H groups in total. The molecule has 1 amide bonds. The number of ether oxygens (including phenoxy) is 1. The van der Waals surface area contributed by atoms with E-state index in [1.165, 1.54) is 16.4 Å². The van der Waals surface area contributed by atoms with E-state index in [2.05, 4.69) is 4.99 Å². The van der Waals surface area contributed by atoms with Crippen LogP contribution in [0.5, 0.6) is 0 Å². The van der Waals surface area contributed by atoms with Crippen LogP contribution in [0.4, 0.5) is 0 Å². The van der Waals surface area contributed by atoms with Gasteiger partial charge in [-0.1, -0.05) is 11.3 Å². The number of carbonyl (C=O) groups is 1. The molecule has 0 bridgehead atoms. The van der Waals surface area contributed by atoms with Crippen LogP contribution in [-0.4, -0.2) is 63.7 Å². The van der Waals surface area contributed by atoms with E-state index in [0.717, 1.165) is 17.6 Å². The molecule has 1 fully saturated rings. The van der Waals surface area contributed by atoms with Crippen molar-refractivity contribution in [3.8, 4) is 0 Å². The minimum atomic E-state index is -3.88. The van der Waals surface area contributed by atoms with E-state index in [1.54, 1.807) is 10.6 Å². The minimum Gasteiger partial charge on any atom is -0.380 e. The van der Waals surface area contributed by atoms with Crippen molar-refractivity contribution in [1.29, 1.82) is 0 Å². The molecule has 1 unspecified atom stereocenters. The van der Waals surface area contributed by atoms with Gasteiger partial charge in [0.2, 0.25) is 20.0 Å². The Hall–Kier alpha value is -1.64. The molecule has 1 aromatic heterocycles. The number of hydrogen-bond acceptors (Lipinski definition) is 7. The molecule has 3 rings (SSSR count). The van der Waals surface area contributed by atoms with Gasteiger partial charge in [0, 0.05) is 19.7 Å². The predicted molar refractivity (Wildman–Crippen MR) is 113 cm³/mol. The molecule has 1 saturated heterocycles. The molecule has 0 saturated carbocycles. The Labute approximate surface area is 179 Å². The average Bonchev–Trinajstić information content (AvgIpc) is 3.26. The summed E-state index contributed by atoms with van der Waals surface area (Å²) in [5.41, 5.74) is 0.685. The van der Waals surface area contributed by atoms with E-state index in [1.807, 2.05) is 6.92 Å². The van der Waals surface area contributed by atoms with E-state index in [-0.39, 0.29) is 4.90 Å². The number of nitrogens with two attached hydrogens (primary N) is 1. The minimum absolute atomic E-state index is 0.0369. The highest BCUT2D eigenvalue weighted by Crippen LogP contribution is 2.23. The maximum atomic E-state index is 12.8. The van der Waals surface area contributed by atoms with Crippen molar-refractivity contribution in [3.05, 3.63) is 23.0 Å². The third-order valence-corrected chi connectivity index (χ3v) is 8.01. The van der Waals surface area contributed by atoms with Crippen LogP contribution in [0, 0.1) is 0 Å². The van der Waals surface area contributed by atoms with Gasteiger partial charge in [-0.25, -0.2) is 22.0 Å². The topological polar surface area (TPSA) is 141 Å². The Bertz CT molecular complexity index is 1230. The summed E-state index contributed by atoms with van der Waals surface area (Å²) in [6, 6.07) is 3.62. The number of amides is 1. The Morgan fingerprint density at radius 1 is 1.33 bits per heavy atom. The molecule has 1 aliphatic heterocycles. The Balaban J connectivity index is 2.08. The first-order valence-electron chi connectivity index (χ1n) is 9.31. The van der Waals surface area contributed by atoms with Crippen molar-refractivity contribution in [1.82, 2.24) is 8.87 Å². The second-order valence-electron chi connectivity index (χ2n) is 6.89. The van der Waals surface area contributed by atoms with Crippen molar-refractivity contribution in [2.75, 3.05) is 26.0 Å². The van der Waals surface area contributed by atoms with Crippen molar-refractivity contribution < 1.29 is 26.4 Å². The van der Waals surface area contributed by atoms with E-state index in [9.17, 15) is 21.6 Å². The number of aromatic nitrogens is 1. The van der Waals surface area contributed by atoms with Crippen molar-refractivity contribution in [3.63, 3.8) is 0 Å². The number of hydrogen-bond donors (Lipinski definition) is 1. The predicted octanol–water partition coefficient (Wildman–Crippen LogP) is 0.238. The lowest BCUT2D eigenvalue weighted by Crippen LogP contribution is -2.40. The lowest BCUT2D eigenvalue weighted by atomic mass is 10.2. The van der Waals surface area contributed by atoms with Crippen LogP contribution >= 0.6 is 11.3 Å². The van der Waals surface area contributed by atoms with Gasteiger partial charge in [0.1, 0.15) is 6.04 Å². The molecule has 0 spiro atoms. The molecular weight excluding hydrogens is 452 g/mol. The SMILES string of the molecule is CCOCCn1c(=NC(=O)C2CCCN2S(C)(=O)=O)sc2cc(S(N)(=O)=O)ccc21. The molecule has 10 nitrogen and oxygen atoms in total. The van der Waals surface area contributed by atoms with Crippen molar-refractivity contribution >= 4 is 47.5 Å². The van der Waals surface area contributed by atoms with Gasteiger partial charge in [-0.15, -0.1) is 0 Å². The largest absolute Gasteiger partial charge is 0.380 e. The molecule has 0 aliphatic carbocycles. The number of carbonyl (C=O) groups excluding carboxylic acids is 1. The summed E-state index contributed by atoms with van der Waals surface area (Å²) in [5, 5.41) is 5.22. The second-order valence-corrected chi connectivity index (χ2v) is 11.4. The summed E-state index contributed by atoms with van der Waals surface area (Å²) < 4.78 is 56.2. The lowest BCUT2D eigenvalue weighted by Gasteiger charge is -2.18. The maximum absolute atomic E-state index is 12.8. The molecule has 1 atom stereocenters. The standard InChI is InChI=1S/C17H24N4O6S3/c1-3-27-10-9-20-13-7-6-12(30(18,25)26)11-15(13)28-17(20)19-16(22)14-5-4-8-21(14)29(2,23)24/h6-7,11,14H,3-5,8-10H2,1-2H3,(H2,18,25,26). The summed E-state index contributed by atoms with van der Waals surface area (Å²) >= 11 is 1.14. The molecule has 13 heteroatoms. The van der Waals surface area contributed by atoms with Crippen LogP contribution in [0.25, 0.3) is 10.2 Å². The highest BCUT2D eigenvalue weighted by molar-refractivity contribution is 7.89. The third-order valence-electron chi connectivity index (χ3n) is 4.77. The first kappa shape index (κ1) is 23.0. The first-order valence-corrected chi connectivity index (χ1v) is 13.5. The smallest absolute Gasteiger partial charge is 0.266 e. The molecule has 0 radical (unpaired) electrons. The van der Waals surface area contributed by atoms with Crippen LogP contribution in [0.3, 0.4) is 0 Å². The van der Waals surface area contributed by atoms with Gasteiger partial charge in [-0.05, 0) is 38.0 Å². The highest BCUT2D eigenvalue weighted by Gasteiger charge is 2.36. The summed E-state index contributed by atoms with van der Waals surface area (Å²) in [6.07, 6.45) is 2.08. The Morgan fingerprint density at radius 3 is 2.70 bits per heavy atom. The monoisotopic (exact) mass is 476 g/mol. The molecule has 166 valence electrons. The second kappa shape index (κ2) is 8.85. The number of nitrogens with zero attached hydrogens (tertiary/aromatic N) is 3. The molecule has 1 aromatic carbocycles. The molecule has 1 aliphatic rings. The summed E-state index contributed by atoms with van der Waals surface area (Å²) in [5.74, 6) is -0.540. The highest BCUT2D eigenvalue weighted by atomic mass is 32.2. The number of benzene rings is 1. The van der Waals surface area contributed by atoms with Gasteiger partial charge < -0.3 is 9.30 Å². The normalized spacial score (nSPS) is 19.0. The van der Waals surface area contributed by atoms with Crippen LogP contribution in [-0.2, 0) is 36.1 Å². The van der Waals surface area contributed by atoms with Crippen LogP contribution in [0.15, 0.2) is 28.1 Å². The van der Waals surface area contributed by atoms with Crippen LogP contribution in [0.1, 0.15) is 19.8 Å².